The largest absolute Gasteiger partial charge is 0.475 e. The summed E-state index contributed by atoms with van der Waals surface area (Å²) in [6.07, 6.45) is 4.25. The van der Waals surface area contributed by atoms with Crippen LogP contribution in [0, 0.1) is 0 Å². The number of phosphoric ester groups is 1. The van der Waals surface area contributed by atoms with Gasteiger partial charge < -0.3 is 57.3 Å². The van der Waals surface area contributed by atoms with Gasteiger partial charge in [0, 0.05) is 42.3 Å². The highest BCUT2D eigenvalue weighted by molar-refractivity contribution is 7.48. The Morgan fingerprint density at radius 3 is 1.01 bits per heavy atom. The van der Waals surface area contributed by atoms with Crippen molar-refractivity contribution in [2.75, 3.05) is 62.1 Å². The molecule has 6 aliphatic rings. The maximum absolute atomic E-state index is 15.6. The van der Waals surface area contributed by atoms with Gasteiger partial charge in [-0.1, -0.05) is 0 Å². The molecule has 0 saturated carbocycles. The minimum absolute atomic E-state index is 0.360. The minimum Gasteiger partial charge on any atom is -0.369 e. The number of phosphoric acid groups is 1. The molecule has 12 heterocycles. The summed E-state index contributed by atoms with van der Waals surface area (Å²) >= 11 is 0. The molecule has 31 nitrogen and oxygen atoms in total. The van der Waals surface area contributed by atoms with E-state index in [9.17, 15) is 0 Å². The van der Waals surface area contributed by atoms with Crippen LogP contribution in [0.15, 0.2) is 52.9 Å². The zero-order valence-corrected chi connectivity index (χ0v) is 46.9. The van der Waals surface area contributed by atoms with Crippen LogP contribution in [0.3, 0.4) is 0 Å². The molecule has 0 N–H and O–H groups in total. The third-order valence-electron chi connectivity index (χ3n) is 13.6. The predicted octanol–water partition coefficient (Wildman–Crippen LogP) is 3.58. The molecule has 0 bridgehead atoms. The number of fused-ring (bicyclic) bond motifs is 6. The van der Waals surface area contributed by atoms with Gasteiger partial charge in [0.15, 0.2) is 87.0 Å². The normalized spacial score (nSPS) is 31.1. The summed E-state index contributed by atoms with van der Waals surface area (Å²) in [6, 6.07) is 0. The average molecular weight is 1130 g/mol. The standard InChI is InChI=1S/C48H63N18O13P/c1-46(2)74-31-25(71-43(34(31)77-46)64-22-55-28-37(58-19-61(7)8)49-16-52-40(28)64)13-68-80(67,69-14-26-32-35(78-47(3,4)75-32)44(72-26)65-23-56-29-38(59-20-62(9)10)50-17-53-41(29)65)70-15-27-33-36(79-48(5,6)76-33)45(73-27)66-24-57-30-39(60-21-63(11)12)51-18-54-42(30)66/h16-27,31-36,43-45H,13-15H2,1-12H3/t25-,26-,27-,31+,32+,33+,34+,35+,36+,43-,44-,45-,80?/m1/s1. The van der Waals surface area contributed by atoms with E-state index in [1.807, 2.05) is 42.3 Å². The van der Waals surface area contributed by atoms with Crippen LogP contribution in [0.4, 0.5) is 17.5 Å². The first-order chi connectivity index (χ1) is 38.1. The molecular weight excluding hydrogens is 1070 g/mol. The van der Waals surface area contributed by atoms with Gasteiger partial charge in [0.2, 0.25) is 0 Å². The summed E-state index contributed by atoms with van der Waals surface area (Å²) in [6.45, 7) is 9.68. The van der Waals surface area contributed by atoms with Gasteiger partial charge in [-0.3, -0.25) is 27.3 Å². The second kappa shape index (κ2) is 20.7. The van der Waals surface area contributed by atoms with Gasteiger partial charge in [0.1, 0.15) is 73.9 Å². The first kappa shape index (κ1) is 54.4. The van der Waals surface area contributed by atoms with Crippen molar-refractivity contribution in [1.29, 1.82) is 0 Å². The van der Waals surface area contributed by atoms with Crippen molar-refractivity contribution in [3.8, 4) is 0 Å². The number of aromatic nitrogens is 12. The van der Waals surface area contributed by atoms with Crippen molar-refractivity contribution in [2.45, 2.75) is 133 Å². The Hall–Kier alpha value is -6.19. The quantitative estimate of drug-likeness (QED) is 0.0674. The molecule has 6 aliphatic heterocycles. The van der Waals surface area contributed by atoms with Gasteiger partial charge in [0.25, 0.3) is 0 Å². The molecule has 32 heteroatoms. The van der Waals surface area contributed by atoms with Crippen LogP contribution in [-0.2, 0) is 60.8 Å². The lowest BCUT2D eigenvalue weighted by Crippen LogP contribution is -2.35. The van der Waals surface area contributed by atoms with Gasteiger partial charge in [-0.05, 0) is 41.5 Å². The zero-order valence-electron chi connectivity index (χ0n) is 46.0. The van der Waals surface area contributed by atoms with Crippen molar-refractivity contribution < 1.29 is 60.8 Å². The lowest BCUT2D eigenvalue weighted by Gasteiger charge is -2.28. The number of aliphatic imine (C=N–C) groups is 3. The lowest BCUT2D eigenvalue weighted by molar-refractivity contribution is -0.202. The molecule has 0 aromatic carbocycles. The highest BCUT2D eigenvalue weighted by Crippen LogP contribution is 2.55. The Labute approximate surface area is 458 Å². The molecule has 0 aliphatic carbocycles. The van der Waals surface area contributed by atoms with Crippen molar-refractivity contribution in [2.24, 2.45) is 15.0 Å². The maximum Gasteiger partial charge on any atom is 0.475 e. The SMILES string of the molecule is CN(C)C=Nc1ncnc2c1ncn2[C@@H]1O[C@H](COP(=O)(OC[C@H]2O[C@@H](n3cnc4c(N=CN(C)C)ncnc43)[C@H]3OC(C)(C)O[C@H]32)OC[C@H]2O[C@@H](n3cnc4c(N=CN(C)C)ncnc43)[C@H]3OC(C)(C)O[C@H]32)[C@@H]2OC(C)(C)O[C@@H]21. The molecule has 6 aromatic heterocycles. The summed E-state index contributed by atoms with van der Waals surface area (Å²) in [7, 11) is 6.38. The molecular formula is C48H63N18O13P. The highest BCUT2D eigenvalue weighted by Gasteiger charge is 2.60. The zero-order chi connectivity index (χ0) is 56.0. The van der Waals surface area contributed by atoms with Crippen molar-refractivity contribution in [3.05, 3.63) is 38.0 Å². The number of ether oxygens (including phenoxy) is 9. The number of nitrogens with zero attached hydrogens (tertiary/aromatic N) is 18. The van der Waals surface area contributed by atoms with Gasteiger partial charge in [-0.2, -0.15) is 0 Å². The van der Waals surface area contributed by atoms with Crippen LogP contribution < -0.4 is 0 Å². The van der Waals surface area contributed by atoms with Gasteiger partial charge in [0.05, 0.1) is 57.8 Å². The molecule has 6 fully saturated rings. The molecule has 80 heavy (non-hydrogen) atoms. The Kier molecular flexibility index (Phi) is 14.0. The van der Waals surface area contributed by atoms with Crippen LogP contribution in [0.25, 0.3) is 33.5 Å². The van der Waals surface area contributed by atoms with E-state index in [4.69, 9.17) is 56.2 Å². The molecule has 0 radical (unpaired) electrons. The van der Waals surface area contributed by atoms with E-state index in [0.717, 1.165) is 0 Å². The lowest BCUT2D eigenvalue weighted by atomic mass is 10.1. The average Bonchev–Trinajstić information content (AvgIpc) is 4.35. The number of rotatable bonds is 18. The van der Waals surface area contributed by atoms with E-state index < -0.39 is 98.8 Å². The van der Waals surface area contributed by atoms with E-state index in [1.54, 1.807) is 108 Å². The molecule has 428 valence electrons. The second-order valence-electron chi connectivity index (χ2n) is 21.9. The van der Waals surface area contributed by atoms with Crippen LogP contribution in [-0.4, -0.2) is 227 Å². The van der Waals surface area contributed by atoms with E-state index in [0.29, 0.717) is 50.9 Å². The van der Waals surface area contributed by atoms with E-state index >= 15 is 4.57 Å². The number of hydrogen-bond acceptors (Lipinski definition) is 25. The van der Waals surface area contributed by atoms with Crippen molar-refractivity contribution in [1.82, 2.24) is 73.3 Å². The van der Waals surface area contributed by atoms with Gasteiger partial charge in [-0.25, -0.2) is 64.4 Å². The van der Waals surface area contributed by atoms with Crippen LogP contribution >= 0.6 is 7.82 Å². The smallest absolute Gasteiger partial charge is 0.369 e. The van der Waals surface area contributed by atoms with Crippen molar-refractivity contribution >= 4 is 77.8 Å². The summed E-state index contributed by atoms with van der Waals surface area (Å²) < 4.78 is 98.9. The minimum atomic E-state index is -4.71. The Morgan fingerprint density at radius 1 is 0.463 bits per heavy atom. The number of imidazole rings is 3. The van der Waals surface area contributed by atoms with Crippen molar-refractivity contribution in [3.63, 3.8) is 0 Å². The highest BCUT2D eigenvalue weighted by atomic mass is 31.2. The Bertz CT molecular complexity index is 3060. The molecule has 6 aromatic rings. The summed E-state index contributed by atoms with van der Waals surface area (Å²) in [5.74, 6) is -2.06. The molecule has 6 saturated heterocycles. The van der Waals surface area contributed by atoms with E-state index in [-0.39, 0.29) is 19.8 Å². The molecule has 0 amide bonds. The Balaban J connectivity index is 0.836. The first-order valence-corrected chi connectivity index (χ1v) is 27.3. The number of hydrogen-bond donors (Lipinski definition) is 0. The van der Waals surface area contributed by atoms with Gasteiger partial charge in [-0.15, -0.1) is 0 Å². The summed E-state index contributed by atoms with van der Waals surface area (Å²) in [5, 5.41) is 0. The third kappa shape index (κ3) is 10.4. The molecule has 12 rings (SSSR count). The fourth-order valence-electron chi connectivity index (χ4n) is 10.5. The molecule has 12 atom stereocenters. The monoisotopic (exact) mass is 1130 g/mol. The molecule has 0 spiro atoms. The Morgan fingerprint density at radius 2 is 0.738 bits per heavy atom. The molecule has 0 unspecified atom stereocenters. The fraction of sp³-hybridized carbons (Fsp3) is 0.625. The summed E-state index contributed by atoms with van der Waals surface area (Å²) in [5.41, 5.74) is 2.64. The fourth-order valence-corrected chi connectivity index (χ4v) is 11.7. The second-order valence-corrected chi connectivity index (χ2v) is 23.6. The van der Waals surface area contributed by atoms with E-state index in [2.05, 4.69) is 59.8 Å². The topological polar surface area (TPSA) is 305 Å². The van der Waals surface area contributed by atoms with Crippen LogP contribution in [0.2, 0.25) is 0 Å². The van der Waals surface area contributed by atoms with Crippen LogP contribution in [0.5, 0.6) is 0 Å². The van der Waals surface area contributed by atoms with Crippen LogP contribution in [0.1, 0.15) is 60.2 Å². The predicted molar refractivity (Wildman–Crippen MR) is 280 cm³/mol. The van der Waals surface area contributed by atoms with E-state index in [1.165, 1.54) is 19.0 Å². The maximum atomic E-state index is 15.6. The van der Waals surface area contributed by atoms with Gasteiger partial charge >= 0.3 is 7.82 Å². The summed E-state index contributed by atoms with van der Waals surface area (Å²) in [4.78, 5) is 59.3. The third-order valence-corrected chi connectivity index (χ3v) is 15.0. The first-order valence-electron chi connectivity index (χ1n) is 25.8.